The van der Waals surface area contributed by atoms with Crippen molar-refractivity contribution in [1.82, 2.24) is 9.88 Å². The number of nitrogens with two attached hydrogens (primary N) is 1. The Balaban J connectivity index is 1.78. The summed E-state index contributed by atoms with van der Waals surface area (Å²) in [5, 5.41) is 9.49. The van der Waals surface area contributed by atoms with Gasteiger partial charge in [0, 0.05) is 19.7 Å². The molecule has 0 radical (unpaired) electrons. The van der Waals surface area contributed by atoms with Gasteiger partial charge in [-0.25, -0.2) is 4.98 Å². The van der Waals surface area contributed by atoms with Crippen LogP contribution in [0, 0.1) is 5.92 Å². The van der Waals surface area contributed by atoms with Crippen molar-refractivity contribution in [1.29, 1.82) is 0 Å². The number of aliphatic hydroxyl groups is 1. The van der Waals surface area contributed by atoms with Gasteiger partial charge in [-0.05, 0) is 37.3 Å². The van der Waals surface area contributed by atoms with Crippen LogP contribution in [0.15, 0.2) is 24.3 Å². The van der Waals surface area contributed by atoms with Gasteiger partial charge in [-0.15, -0.1) is 11.3 Å². The highest BCUT2D eigenvalue weighted by Gasteiger charge is 2.35. The van der Waals surface area contributed by atoms with Crippen LogP contribution < -0.4 is 5.73 Å². The Kier molecular flexibility index (Phi) is 5.11. The average Bonchev–Trinajstić information content (AvgIpc) is 2.98. The van der Waals surface area contributed by atoms with Crippen LogP contribution in [0.5, 0.6) is 0 Å². The Morgan fingerprint density at radius 2 is 2.04 bits per heavy atom. The second-order valence-electron chi connectivity index (χ2n) is 6.14. The van der Waals surface area contributed by atoms with E-state index in [1.54, 1.807) is 4.90 Å². The maximum atomic E-state index is 12.8. The van der Waals surface area contributed by atoms with Gasteiger partial charge in [0.1, 0.15) is 5.01 Å². The van der Waals surface area contributed by atoms with Gasteiger partial charge in [0.2, 0.25) is 11.8 Å². The van der Waals surface area contributed by atoms with Crippen LogP contribution in [0.4, 0.5) is 0 Å². The molecule has 7 heteroatoms. The first-order valence-corrected chi connectivity index (χ1v) is 8.96. The lowest BCUT2D eigenvalue weighted by molar-refractivity contribution is -0.138. The summed E-state index contributed by atoms with van der Waals surface area (Å²) < 4.78 is 0.938. The summed E-state index contributed by atoms with van der Waals surface area (Å²) in [7, 11) is 0. The quantitative estimate of drug-likeness (QED) is 0.801. The van der Waals surface area contributed by atoms with Crippen LogP contribution in [0.1, 0.15) is 30.2 Å². The first kappa shape index (κ1) is 16.9. The van der Waals surface area contributed by atoms with Gasteiger partial charge in [0.05, 0.1) is 10.2 Å². The van der Waals surface area contributed by atoms with Crippen molar-refractivity contribution < 1.29 is 14.7 Å². The predicted octanol–water partition coefficient (Wildman–Crippen LogP) is 1.49. The van der Waals surface area contributed by atoms with Crippen molar-refractivity contribution in [2.75, 3.05) is 19.7 Å². The summed E-state index contributed by atoms with van der Waals surface area (Å²) in [6.07, 6.45) is 2.45. The molecule has 1 aliphatic rings. The predicted molar refractivity (Wildman–Crippen MR) is 92.6 cm³/mol. The molecular weight excluding hydrogens is 326 g/mol. The Morgan fingerprint density at radius 1 is 1.33 bits per heavy atom. The highest BCUT2D eigenvalue weighted by Crippen LogP contribution is 2.30. The second kappa shape index (κ2) is 7.27. The van der Waals surface area contributed by atoms with E-state index in [1.807, 2.05) is 24.3 Å². The minimum Gasteiger partial charge on any atom is -0.396 e. The van der Waals surface area contributed by atoms with Crippen molar-refractivity contribution in [3.8, 4) is 0 Å². The summed E-state index contributed by atoms with van der Waals surface area (Å²) in [6.45, 7) is 1.37. The number of para-hydroxylation sites is 1. The van der Waals surface area contributed by atoms with Crippen LogP contribution in [-0.4, -0.2) is 46.5 Å². The van der Waals surface area contributed by atoms with Crippen LogP contribution in [0.25, 0.3) is 10.2 Å². The van der Waals surface area contributed by atoms with E-state index < -0.39 is 11.8 Å². The maximum Gasteiger partial charge on any atom is 0.242 e. The number of carbonyl (C=O) groups excluding carboxylic acids is 2. The molecule has 1 atom stereocenters. The number of carbonyl (C=O) groups is 2. The number of rotatable bonds is 5. The van der Waals surface area contributed by atoms with Gasteiger partial charge >= 0.3 is 0 Å². The minimum atomic E-state index is -1.02. The zero-order valence-corrected chi connectivity index (χ0v) is 14.2. The number of hydrogen-bond acceptors (Lipinski definition) is 5. The van der Waals surface area contributed by atoms with E-state index in [0.717, 1.165) is 29.5 Å². The summed E-state index contributed by atoms with van der Waals surface area (Å²) in [5.41, 5.74) is 6.30. The first-order valence-electron chi connectivity index (χ1n) is 8.14. The molecule has 2 heterocycles. The van der Waals surface area contributed by atoms with Crippen molar-refractivity contribution >= 4 is 33.4 Å². The van der Waals surface area contributed by atoms with Gasteiger partial charge in [0.25, 0.3) is 0 Å². The Morgan fingerprint density at radius 3 is 2.67 bits per heavy atom. The molecule has 1 aromatic carbocycles. The molecule has 3 rings (SSSR count). The Hall–Kier alpha value is -1.99. The van der Waals surface area contributed by atoms with E-state index >= 15 is 0 Å². The van der Waals surface area contributed by atoms with Crippen molar-refractivity contribution in [3.05, 3.63) is 29.3 Å². The summed E-state index contributed by atoms with van der Waals surface area (Å²) in [6, 6.07) is 7.55. The monoisotopic (exact) mass is 347 g/mol. The molecule has 0 spiro atoms. The molecule has 1 aliphatic heterocycles. The number of benzene rings is 1. The number of nitrogens with zero attached hydrogens (tertiary/aromatic N) is 2. The summed E-state index contributed by atoms with van der Waals surface area (Å²) in [4.78, 5) is 30.9. The van der Waals surface area contributed by atoms with Gasteiger partial charge in [0.15, 0.2) is 5.92 Å². The zero-order valence-electron chi connectivity index (χ0n) is 13.4. The Bertz CT molecular complexity index is 705. The topological polar surface area (TPSA) is 96.5 Å². The van der Waals surface area contributed by atoms with Crippen molar-refractivity contribution in [2.45, 2.75) is 25.2 Å². The van der Waals surface area contributed by atoms with Gasteiger partial charge in [-0.1, -0.05) is 12.1 Å². The number of primary amides is 1. The lowest BCUT2D eigenvalue weighted by atomic mass is 9.93. The highest BCUT2D eigenvalue weighted by molar-refractivity contribution is 7.18. The molecule has 0 bridgehead atoms. The summed E-state index contributed by atoms with van der Waals surface area (Å²) >= 11 is 1.34. The highest BCUT2D eigenvalue weighted by atomic mass is 32.1. The van der Waals surface area contributed by atoms with Gasteiger partial charge in [-0.2, -0.15) is 0 Å². The lowest BCUT2D eigenvalue weighted by Crippen LogP contribution is -2.44. The molecule has 1 fully saturated rings. The number of aliphatic hydroxyl groups excluding tert-OH is 1. The SMILES string of the molecule is NC(=O)C(C(=O)N1CCC(CCO)CC1)c1nc2ccccc2s1. The van der Waals surface area contributed by atoms with E-state index in [-0.39, 0.29) is 12.5 Å². The van der Waals surface area contributed by atoms with Crippen LogP contribution in [0.3, 0.4) is 0 Å². The number of likely N-dealkylation sites (tertiary alicyclic amines) is 1. The standard InChI is InChI=1S/C17H21N3O3S/c18-15(22)14(16-19-12-3-1-2-4-13(12)24-16)17(23)20-8-5-11(6-9-20)7-10-21/h1-4,11,14,21H,5-10H2,(H2,18,22). The van der Waals surface area contributed by atoms with E-state index in [0.29, 0.717) is 24.0 Å². The van der Waals surface area contributed by atoms with Crippen LogP contribution in [-0.2, 0) is 9.59 Å². The molecule has 128 valence electrons. The number of hydrogen-bond donors (Lipinski definition) is 2. The molecule has 0 saturated carbocycles. The third-order valence-electron chi connectivity index (χ3n) is 4.55. The fraction of sp³-hybridized carbons (Fsp3) is 0.471. The molecule has 24 heavy (non-hydrogen) atoms. The normalized spacial score (nSPS) is 17.1. The smallest absolute Gasteiger partial charge is 0.242 e. The number of piperidine rings is 1. The third kappa shape index (κ3) is 3.42. The van der Waals surface area contributed by atoms with E-state index in [1.165, 1.54) is 11.3 Å². The van der Waals surface area contributed by atoms with E-state index in [4.69, 9.17) is 10.8 Å². The Labute approximate surface area is 144 Å². The maximum absolute atomic E-state index is 12.8. The number of thiazole rings is 1. The lowest BCUT2D eigenvalue weighted by Gasteiger charge is -2.33. The second-order valence-corrected chi connectivity index (χ2v) is 7.20. The molecule has 1 unspecified atom stereocenters. The number of aromatic nitrogens is 1. The van der Waals surface area contributed by atoms with Crippen molar-refractivity contribution in [2.24, 2.45) is 11.7 Å². The third-order valence-corrected chi connectivity index (χ3v) is 5.65. The molecule has 1 aromatic heterocycles. The fourth-order valence-electron chi connectivity index (χ4n) is 3.17. The zero-order chi connectivity index (χ0) is 17.1. The fourth-order valence-corrected chi connectivity index (χ4v) is 4.24. The van der Waals surface area contributed by atoms with E-state index in [9.17, 15) is 9.59 Å². The van der Waals surface area contributed by atoms with Crippen LogP contribution >= 0.6 is 11.3 Å². The first-order chi connectivity index (χ1) is 11.6. The van der Waals surface area contributed by atoms with E-state index in [2.05, 4.69) is 4.98 Å². The van der Waals surface area contributed by atoms with Crippen LogP contribution in [0.2, 0.25) is 0 Å². The largest absolute Gasteiger partial charge is 0.396 e. The van der Waals surface area contributed by atoms with Crippen molar-refractivity contribution in [3.63, 3.8) is 0 Å². The molecule has 3 N–H and O–H groups in total. The van der Waals surface area contributed by atoms with Gasteiger partial charge < -0.3 is 15.7 Å². The minimum absolute atomic E-state index is 0.175. The molecular formula is C17H21N3O3S. The summed E-state index contributed by atoms with van der Waals surface area (Å²) in [5.74, 6) is -1.49. The molecule has 0 aliphatic carbocycles. The number of amides is 2. The number of fused-ring (bicyclic) bond motifs is 1. The molecule has 6 nitrogen and oxygen atoms in total. The van der Waals surface area contributed by atoms with Gasteiger partial charge in [-0.3, -0.25) is 9.59 Å². The molecule has 2 aromatic rings. The molecule has 2 amide bonds. The average molecular weight is 347 g/mol. The molecule has 1 saturated heterocycles.